The van der Waals surface area contributed by atoms with E-state index in [1.54, 1.807) is 0 Å². The fourth-order valence-electron chi connectivity index (χ4n) is 5.01. The van der Waals surface area contributed by atoms with Crippen LogP contribution < -0.4 is 5.32 Å². The van der Waals surface area contributed by atoms with Crippen LogP contribution in [0.4, 0.5) is 4.79 Å². The molecule has 4 aliphatic rings. The summed E-state index contributed by atoms with van der Waals surface area (Å²) in [4.78, 5) is 31.3. The van der Waals surface area contributed by atoms with Crippen LogP contribution in [0.5, 0.6) is 0 Å². The highest BCUT2D eigenvalue weighted by molar-refractivity contribution is 7.91. The zero-order valence-corrected chi connectivity index (χ0v) is 16.7. The van der Waals surface area contributed by atoms with Crippen molar-refractivity contribution in [3.8, 4) is 0 Å². The molecule has 1 spiro atoms. The number of piperazine rings is 1. The van der Waals surface area contributed by atoms with Gasteiger partial charge in [0.25, 0.3) is 5.91 Å². The molecule has 1 N–H and O–H groups in total. The van der Waals surface area contributed by atoms with Gasteiger partial charge in [-0.1, -0.05) is 25.7 Å². The van der Waals surface area contributed by atoms with Gasteiger partial charge in [0.1, 0.15) is 5.54 Å². The lowest BCUT2D eigenvalue weighted by molar-refractivity contribution is -0.133. The third-order valence-corrected chi connectivity index (χ3v) is 8.43. The van der Waals surface area contributed by atoms with Crippen LogP contribution in [0.15, 0.2) is 0 Å². The number of nitrogens with zero attached hydrogens (tertiary/aromatic N) is 3. The van der Waals surface area contributed by atoms with Crippen molar-refractivity contribution in [1.82, 2.24) is 20.0 Å². The average molecular weight is 399 g/mol. The van der Waals surface area contributed by atoms with Gasteiger partial charge >= 0.3 is 6.03 Å². The Bertz CT molecular complexity index is 694. The average Bonchev–Trinajstić information content (AvgIpc) is 2.98. The van der Waals surface area contributed by atoms with Gasteiger partial charge in [-0.3, -0.25) is 14.6 Å². The van der Waals surface area contributed by atoms with Gasteiger partial charge in [-0.05, 0) is 19.3 Å². The van der Waals surface area contributed by atoms with Crippen molar-refractivity contribution in [2.45, 2.75) is 56.5 Å². The predicted octanol–water partition coefficient (Wildman–Crippen LogP) is 0.393. The molecule has 8 nitrogen and oxygen atoms in total. The minimum absolute atomic E-state index is 0.0567. The number of urea groups is 1. The first-order chi connectivity index (χ1) is 12.9. The summed E-state index contributed by atoms with van der Waals surface area (Å²) >= 11 is 0. The second-order valence-electron chi connectivity index (χ2n) is 8.51. The Labute approximate surface area is 161 Å². The van der Waals surface area contributed by atoms with Crippen molar-refractivity contribution in [3.63, 3.8) is 0 Å². The molecule has 1 atom stereocenters. The number of sulfone groups is 1. The van der Waals surface area contributed by atoms with Gasteiger partial charge in [-0.2, -0.15) is 0 Å². The Kier molecular flexibility index (Phi) is 5.20. The molecular formula is C18H30N4O4S. The molecule has 152 valence electrons. The highest BCUT2D eigenvalue weighted by atomic mass is 32.2. The number of amides is 3. The third kappa shape index (κ3) is 3.86. The molecular weight excluding hydrogens is 368 g/mol. The maximum atomic E-state index is 13.0. The highest BCUT2D eigenvalue weighted by Crippen LogP contribution is 2.33. The number of nitrogens with one attached hydrogen (secondary N) is 1. The number of hydrogen-bond acceptors (Lipinski definition) is 6. The van der Waals surface area contributed by atoms with E-state index < -0.39 is 15.4 Å². The standard InChI is InChI=1S/C18H30N4O4S/c23-16-18(6-3-1-2-4-7-18)19-17(24)22(16)14-20-8-10-21(11-9-20)15-5-12-27(25,26)13-15/h15H,1-14H2,(H,19,24)/t15-/m1/s1. The number of carbonyl (C=O) groups excluding carboxylic acids is 2. The van der Waals surface area contributed by atoms with E-state index in [1.807, 2.05) is 0 Å². The molecule has 0 aromatic rings. The molecule has 9 heteroatoms. The number of hydrogen-bond donors (Lipinski definition) is 1. The SMILES string of the molecule is O=C1NC2(CCCCCC2)C(=O)N1CN1CCN([C@@H]2CCS(=O)(=O)C2)CC1. The van der Waals surface area contributed by atoms with Crippen LogP contribution in [0, 0.1) is 0 Å². The fraction of sp³-hybridized carbons (Fsp3) is 0.889. The van der Waals surface area contributed by atoms with E-state index in [-0.39, 0.29) is 23.7 Å². The summed E-state index contributed by atoms with van der Waals surface area (Å²) in [7, 11) is -2.87. The van der Waals surface area contributed by atoms with Gasteiger partial charge in [0.15, 0.2) is 9.84 Å². The largest absolute Gasteiger partial charge is 0.326 e. The van der Waals surface area contributed by atoms with Crippen molar-refractivity contribution in [2.75, 3.05) is 44.4 Å². The molecule has 1 saturated carbocycles. The van der Waals surface area contributed by atoms with Crippen LogP contribution in [0.1, 0.15) is 44.9 Å². The highest BCUT2D eigenvalue weighted by Gasteiger charge is 2.51. The maximum Gasteiger partial charge on any atom is 0.326 e. The Hall–Kier alpha value is -1.19. The van der Waals surface area contributed by atoms with Crippen LogP contribution in [-0.4, -0.2) is 91.0 Å². The second kappa shape index (κ2) is 7.33. The summed E-state index contributed by atoms with van der Waals surface area (Å²) in [5.41, 5.74) is -0.673. The molecule has 0 unspecified atom stereocenters. The van der Waals surface area contributed by atoms with Gasteiger partial charge < -0.3 is 5.32 Å². The molecule has 3 amide bonds. The maximum absolute atomic E-state index is 13.0. The minimum atomic E-state index is -2.87. The number of carbonyl (C=O) groups is 2. The lowest BCUT2D eigenvalue weighted by atomic mass is 9.90. The van der Waals surface area contributed by atoms with Gasteiger partial charge in [0.05, 0.1) is 18.2 Å². The molecule has 3 heterocycles. The summed E-state index contributed by atoms with van der Waals surface area (Å²) < 4.78 is 23.4. The zero-order chi connectivity index (χ0) is 19.1. The van der Waals surface area contributed by atoms with Crippen LogP contribution >= 0.6 is 0 Å². The number of rotatable bonds is 3. The molecule has 0 aromatic heterocycles. The number of imide groups is 1. The molecule has 0 radical (unpaired) electrons. The first-order valence-electron chi connectivity index (χ1n) is 10.2. The summed E-state index contributed by atoms with van der Waals surface area (Å²) in [6.45, 7) is 3.41. The second-order valence-corrected chi connectivity index (χ2v) is 10.7. The van der Waals surface area contributed by atoms with Crippen LogP contribution in [0.25, 0.3) is 0 Å². The molecule has 4 fully saturated rings. The summed E-state index contributed by atoms with van der Waals surface area (Å²) in [5.74, 6) is 0.504. The van der Waals surface area contributed by atoms with Gasteiger partial charge in [-0.15, -0.1) is 0 Å². The lowest BCUT2D eigenvalue weighted by Gasteiger charge is -2.38. The monoisotopic (exact) mass is 398 g/mol. The van der Waals surface area contributed by atoms with E-state index in [1.165, 1.54) is 4.90 Å². The summed E-state index contributed by atoms with van der Waals surface area (Å²) in [5, 5.41) is 2.99. The van der Waals surface area contributed by atoms with E-state index in [2.05, 4.69) is 15.1 Å². The molecule has 27 heavy (non-hydrogen) atoms. The Balaban J connectivity index is 1.32. The van der Waals surface area contributed by atoms with Crippen molar-refractivity contribution < 1.29 is 18.0 Å². The summed E-state index contributed by atoms with van der Waals surface area (Å²) in [6, 6.07) is -0.130. The Morgan fingerprint density at radius 2 is 1.67 bits per heavy atom. The lowest BCUT2D eigenvalue weighted by Crippen LogP contribution is -2.54. The smallest absolute Gasteiger partial charge is 0.323 e. The molecule has 0 aromatic carbocycles. The third-order valence-electron chi connectivity index (χ3n) is 6.68. The molecule has 3 saturated heterocycles. The normalized spacial score (nSPS) is 32.0. The first-order valence-corrected chi connectivity index (χ1v) is 12.0. The van der Waals surface area contributed by atoms with Gasteiger partial charge in [-0.25, -0.2) is 18.1 Å². The molecule has 3 aliphatic heterocycles. The predicted molar refractivity (Wildman–Crippen MR) is 101 cm³/mol. The topological polar surface area (TPSA) is 90.0 Å². The van der Waals surface area contributed by atoms with Crippen molar-refractivity contribution in [1.29, 1.82) is 0 Å². The molecule has 1 aliphatic carbocycles. The van der Waals surface area contributed by atoms with E-state index in [0.29, 0.717) is 12.4 Å². The Morgan fingerprint density at radius 1 is 1.00 bits per heavy atom. The molecule has 4 rings (SSSR count). The van der Waals surface area contributed by atoms with Gasteiger partial charge in [0.2, 0.25) is 0 Å². The van der Waals surface area contributed by atoms with Crippen LogP contribution in [0.3, 0.4) is 0 Å². The molecule has 0 bridgehead atoms. The van der Waals surface area contributed by atoms with Crippen molar-refractivity contribution in [3.05, 3.63) is 0 Å². The van der Waals surface area contributed by atoms with Crippen LogP contribution in [0.2, 0.25) is 0 Å². The van der Waals surface area contributed by atoms with E-state index >= 15 is 0 Å². The van der Waals surface area contributed by atoms with Crippen molar-refractivity contribution in [2.24, 2.45) is 0 Å². The minimum Gasteiger partial charge on any atom is -0.323 e. The van der Waals surface area contributed by atoms with Crippen molar-refractivity contribution >= 4 is 21.8 Å². The van der Waals surface area contributed by atoms with E-state index in [4.69, 9.17) is 0 Å². The van der Waals surface area contributed by atoms with Gasteiger partial charge in [0, 0.05) is 32.2 Å². The summed E-state index contributed by atoms with van der Waals surface area (Å²) in [6.07, 6.45) is 6.45. The van der Waals surface area contributed by atoms with E-state index in [9.17, 15) is 18.0 Å². The van der Waals surface area contributed by atoms with Crippen LogP contribution in [-0.2, 0) is 14.6 Å². The zero-order valence-electron chi connectivity index (χ0n) is 15.9. The Morgan fingerprint density at radius 3 is 2.26 bits per heavy atom. The first kappa shape index (κ1) is 19.1. The quantitative estimate of drug-likeness (QED) is 0.692. The fourth-order valence-corrected chi connectivity index (χ4v) is 6.77. The van der Waals surface area contributed by atoms with E-state index in [0.717, 1.165) is 71.1 Å².